The van der Waals surface area contributed by atoms with Gasteiger partial charge in [-0.3, -0.25) is 0 Å². The van der Waals surface area contributed by atoms with E-state index in [-0.39, 0.29) is 0 Å². The number of nitrogens with zero attached hydrogens (tertiary/aromatic N) is 1. The molecule has 0 radical (unpaired) electrons. The molecule has 0 spiro atoms. The van der Waals surface area contributed by atoms with E-state index in [2.05, 4.69) is 25.7 Å². The minimum atomic E-state index is 0.538. The van der Waals surface area contributed by atoms with E-state index in [1.165, 1.54) is 38.9 Å². The molecule has 1 saturated heterocycles. The van der Waals surface area contributed by atoms with Gasteiger partial charge in [0, 0.05) is 25.1 Å². The maximum atomic E-state index is 5.60. The molecule has 1 aliphatic heterocycles. The fraction of sp³-hybridized carbons (Fsp3) is 1.00. The lowest BCUT2D eigenvalue weighted by molar-refractivity contribution is 0.0814. The van der Waals surface area contributed by atoms with Gasteiger partial charge in [0.05, 0.1) is 6.61 Å². The summed E-state index contributed by atoms with van der Waals surface area (Å²) in [4.78, 5) is 2.64. The Hall–Kier alpha value is -0.0800. The van der Waals surface area contributed by atoms with Crippen LogP contribution < -0.4 is 0 Å². The summed E-state index contributed by atoms with van der Waals surface area (Å²) >= 11 is 0. The van der Waals surface area contributed by atoms with Gasteiger partial charge in [-0.15, -0.1) is 0 Å². The average Bonchev–Trinajstić information content (AvgIpc) is 2.83. The zero-order valence-electron chi connectivity index (χ0n) is 10.5. The molecule has 0 aromatic rings. The van der Waals surface area contributed by atoms with Gasteiger partial charge in [-0.2, -0.15) is 0 Å². The van der Waals surface area contributed by atoms with Crippen molar-refractivity contribution >= 4 is 0 Å². The fourth-order valence-corrected chi connectivity index (χ4v) is 2.68. The van der Waals surface area contributed by atoms with Crippen molar-refractivity contribution in [3.63, 3.8) is 0 Å². The van der Waals surface area contributed by atoms with Crippen molar-refractivity contribution < 1.29 is 4.74 Å². The first kappa shape index (κ1) is 11.4. The van der Waals surface area contributed by atoms with Crippen molar-refractivity contribution in [2.75, 3.05) is 32.8 Å². The molecular formula is C13H25NO. The molecule has 88 valence electrons. The summed E-state index contributed by atoms with van der Waals surface area (Å²) in [6, 6.07) is 0. The number of likely N-dealkylation sites (tertiary alicyclic amines) is 1. The summed E-state index contributed by atoms with van der Waals surface area (Å²) in [6.45, 7) is 12.6. The maximum Gasteiger partial charge on any atom is 0.0534 e. The monoisotopic (exact) mass is 211 g/mol. The molecule has 1 aliphatic carbocycles. The topological polar surface area (TPSA) is 12.5 Å². The molecule has 0 atom stereocenters. The second kappa shape index (κ2) is 4.06. The highest BCUT2D eigenvalue weighted by Gasteiger charge is 2.45. The van der Waals surface area contributed by atoms with E-state index in [0.29, 0.717) is 10.8 Å². The molecule has 0 amide bonds. The lowest BCUT2D eigenvalue weighted by atomic mass is 9.93. The third-order valence-electron chi connectivity index (χ3n) is 3.88. The Labute approximate surface area is 94.0 Å². The fourth-order valence-electron chi connectivity index (χ4n) is 2.68. The van der Waals surface area contributed by atoms with E-state index in [9.17, 15) is 0 Å². The lowest BCUT2D eigenvalue weighted by Crippen LogP contribution is -2.32. The minimum absolute atomic E-state index is 0.538. The number of hydrogen-bond donors (Lipinski definition) is 0. The first-order chi connectivity index (χ1) is 7.05. The van der Waals surface area contributed by atoms with E-state index in [1.54, 1.807) is 0 Å². The smallest absolute Gasteiger partial charge is 0.0534 e. The Morgan fingerprint density at radius 1 is 1.20 bits per heavy atom. The van der Waals surface area contributed by atoms with Crippen LogP contribution in [0.15, 0.2) is 0 Å². The summed E-state index contributed by atoms with van der Waals surface area (Å²) in [7, 11) is 0. The number of hydrogen-bond acceptors (Lipinski definition) is 2. The van der Waals surface area contributed by atoms with Crippen LogP contribution in [-0.4, -0.2) is 37.7 Å². The zero-order chi connectivity index (χ0) is 10.9. The van der Waals surface area contributed by atoms with Gasteiger partial charge in [-0.05, 0) is 38.1 Å². The van der Waals surface area contributed by atoms with Crippen LogP contribution in [0.2, 0.25) is 0 Å². The summed E-state index contributed by atoms with van der Waals surface area (Å²) in [5, 5.41) is 0. The molecule has 2 rings (SSSR count). The van der Waals surface area contributed by atoms with Crippen LogP contribution in [0.3, 0.4) is 0 Å². The molecule has 1 heterocycles. The lowest BCUT2D eigenvalue weighted by Gasteiger charge is -2.24. The second-order valence-electron chi connectivity index (χ2n) is 6.26. The van der Waals surface area contributed by atoms with Crippen LogP contribution in [0.5, 0.6) is 0 Å². The van der Waals surface area contributed by atoms with Gasteiger partial charge in [0.1, 0.15) is 0 Å². The Bertz CT molecular complexity index is 221. The van der Waals surface area contributed by atoms with Gasteiger partial charge in [-0.25, -0.2) is 0 Å². The standard InChI is InChI=1S/C13H25NO/c1-4-15-11-13(5-6-13)10-14-8-7-12(2,3)9-14/h4-11H2,1-3H3. The third kappa shape index (κ3) is 2.94. The molecular weight excluding hydrogens is 186 g/mol. The van der Waals surface area contributed by atoms with Gasteiger partial charge < -0.3 is 9.64 Å². The van der Waals surface area contributed by atoms with Crippen LogP contribution in [0.4, 0.5) is 0 Å². The highest BCUT2D eigenvalue weighted by molar-refractivity contribution is 4.97. The van der Waals surface area contributed by atoms with Gasteiger partial charge >= 0.3 is 0 Å². The SMILES string of the molecule is CCOCC1(CN2CCC(C)(C)C2)CC1. The predicted octanol–water partition coefficient (Wildman–Crippen LogP) is 2.54. The van der Waals surface area contributed by atoms with Crippen LogP contribution in [0.1, 0.15) is 40.0 Å². The average molecular weight is 211 g/mol. The van der Waals surface area contributed by atoms with Crippen LogP contribution in [0, 0.1) is 10.8 Å². The summed E-state index contributed by atoms with van der Waals surface area (Å²) < 4.78 is 5.60. The number of ether oxygens (including phenoxy) is 1. The summed E-state index contributed by atoms with van der Waals surface area (Å²) in [5.74, 6) is 0. The molecule has 0 N–H and O–H groups in total. The Kier molecular flexibility index (Phi) is 3.09. The highest BCUT2D eigenvalue weighted by Crippen LogP contribution is 2.47. The molecule has 2 fully saturated rings. The Morgan fingerprint density at radius 3 is 2.40 bits per heavy atom. The summed E-state index contributed by atoms with van der Waals surface area (Å²) in [6.07, 6.45) is 4.12. The van der Waals surface area contributed by atoms with Crippen molar-refractivity contribution in [1.29, 1.82) is 0 Å². The van der Waals surface area contributed by atoms with E-state index >= 15 is 0 Å². The zero-order valence-corrected chi connectivity index (χ0v) is 10.5. The predicted molar refractivity (Wildman–Crippen MR) is 63.0 cm³/mol. The highest BCUT2D eigenvalue weighted by atomic mass is 16.5. The van der Waals surface area contributed by atoms with Gasteiger partial charge in [0.25, 0.3) is 0 Å². The van der Waals surface area contributed by atoms with Crippen LogP contribution in [0.25, 0.3) is 0 Å². The van der Waals surface area contributed by atoms with Crippen molar-refractivity contribution in [2.45, 2.75) is 40.0 Å². The summed E-state index contributed by atoms with van der Waals surface area (Å²) in [5.41, 5.74) is 1.08. The number of rotatable bonds is 5. The molecule has 2 aliphatic rings. The first-order valence-corrected chi connectivity index (χ1v) is 6.35. The molecule has 0 aromatic carbocycles. The largest absolute Gasteiger partial charge is 0.381 e. The van der Waals surface area contributed by atoms with E-state index in [4.69, 9.17) is 4.74 Å². The third-order valence-corrected chi connectivity index (χ3v) is 3.88. The van der Waals surface area contributed by atoms with Crippen molar-refractivity contribution in [2.24, 2.45) is 10.8 Å². The quantitative estimate of drug-likeness (QED) is 0.693. The Morgan fingerprint density at radius 2 is 1.93 bits per heavy atom. The second-order valence-corrected chi connectivity index (χ2v) is 6.26. The molecule has 0 aromatic heterocycles. The molecule has 1 saturated carbocycles. The van der Waals surface area contributed by atoms with E-state index < -0.39 is 0 Å². The van der Waals surface area contributed by atoms with Crippen LogP contribution >= 0.6 is 0 Å². The van der Waals surface area contributed by atoms with Crippen LogP contribution in [-0.2, 0) is 4.74 Å². The van der Waals surface area contributed by atoms with E-state index in [1.807, 2.05) is 0 Å². The molecule has 15 heavy (non-hydrogen) atoms. The van der Waals surface area contributed by atoms with Gasteiger partial charge in [0.15, 0.2) is 0 Å². The van der Waals surface area contributed by atoms with Crippen molar-refractivity contribution in [3.05, 3.63) is 0 Å². The van der Waals surface area contributed by atoms with Crippen molar-refractivity contribution in [3.8, 4) is 0 Å². The van der Waals surface area contributed by atoms with E-state index in [0.717, 1.165) is 13.2 Å². The minimum Gasteiger partial charge on any atom is -0.381 e. The van der Waals surface area contributed by atoms with Gasteiger partial charge in [0.2, 0.25) is 0 Å². The van der Waals surface area contributed by atoms with Crippen molar-refractivity contribution in [1.82, 2.24) is 4.90 Å². The normalized spacial score (nSPS) is 28.2. The maximum absolute atomic E-state index is 5.60. The Balaban J connectivity index is 1.77. The first-order valence-electron chi connectivity index (χ1n) is 6.35. The molecule has 0 unspecified atom stereocenters. The molecule has 2 nitrogen and oxygen atoms in total. The molecule has 0 bridgehead atoms. The molecule has 2 heteroatoms. The van der Waals surface area contributed by atoms with Gasteiger partial charge in [-0.1, -0.05) is 13.8 Å².